The lowest BCUT2D eigenvalue weighted by molar-refractivity contribution is 0.863. The molecular formula is C15H15NOS. The fourth-order valence-corrected chi connectivity index (χ4v) is 3.69. The molecule has 18 heavy (non-hydrogen) atoms. The maximum absolute atomic E-state index is 12.6. The average molecular weight is 257 g/mol. The summed E-state index contributed by atoms with van der Waals surface area (Å²) >= 11 is 1.66. The van der Waals surface area contributed by atoms with Crippen molar-refractivity contribution in [1.82, 2.24) is 4.40 Å². The molecule has 0 saturated carbocycles. The van der Waals surface area contributed by atoms with Crippen molar-refractivity contribution >= 4 is 27.1 Å². The van der Waals surface area contributed by atoms with Crippen LogP contribution in [0.3, 0.4) is 0 Å². The molecule has 1 aromatic carbocycles. The summed E-state index contributed by atoms with van der Waals surface area (Å²) in [6.45, 7) is 6.26. The number of fused-ring (bicyclic) bond motifs is 3. The van der Waals surface area contributed by atoms with Crippen LogP contribution in [0.15, 0.2) is 34.4 Å². The number of nitrogens with zero attached hydrogens (tertiary/aromatic N) is 1. The molecule has 2 nitrogen and oxygen atoms in total. The van der Waals surface area contributed by atoms with E-state index >= 15 is 0 Å². The SMILES string of the molecule is Cc1csc2c(C(C)C)c(=O)c3ccccc3n12. The molecule has 3 heteroatoms. The van der Waals surface area contributed by atoms with E-state index < -0.39 is 0 Å². The van der Waals surface area contributed by atoms with Crippen LogP contribution in [0.25, 0.3) is 15.7 Å². The van der Waals surface area contributed by atoms with Gasteiger partial charge in [0, 0.05) is 22.0 Å². The molecule has 0 radical (unpaired) electrons. The zero-order valence-electron chi connectivity index (χ0n) is 10.7. The summed E-state index contributed by atoms with van der Waals surface area (Å²) in [5.41, 5.74) is 3.32. The van der Waals surface area contributed by atoms with Gasteiger partial charge in [0.2, 0.25) is 0 Å². The lowest BCUT2D eigenvalue weighted by Crippen LogP contribution is -2.13. The molecule has 2 heterocycles. The second-order valence-electron chi connectivity index (χ2n) is 4.93. The highest BCUT2D eigenvalue weighted by Gasteiger charge is 2.16. The summed E-state index contributed by atoms with van der Waals surface area (Å²) in [7, 11) is 0. The Morgan fingerprint density at radius 1 is 1.22 bits per heavy atom. The van der Waals surface area contributed by atoms with E-state index in [2.05, 4.69) is 30.6 Å². The lowest BCUT2D eigenvalue weighted by atomic mass is 10.0. The standard InChI is InChI=1S/C15H15NOS/c1-9(2)13-14(17)11-6-4-5-7-12(11)16-10(3)8-18-15(13)16/h4-9H,1-3H3. The van der Waals surface area contributed by atoms with Crippen LogP contribution in [0.4, 0.5) is 0 Å². The van der Waals surface area contributed by atoms with Crippen LogP contribution in [0.2, 0.25) is 0 Å². The first kappa shape index (κ1) is 11.5. The predicted molar refractivity (Wildman–Crippen MR) is 77.9 cm³/mol. The van der Waals surface area contributed by atoms with Crippen molar-refractivity contribution in [3.63, 3.8) is 0 Å². The van der Waals surface area contributed by atoms with Gasteiger partial charge in [-0.2, -0.15) is 0 Å². The third kappa shape index (κ3) is 1.44. The van der Waals surface area contributed by atoms with Gasteiger partial charge in [-0.15, -0.1) is 11.3 Å². The molecule has 0 spiro atoms. The minimum atomic E-state index is 0.183. The first-order valence-electron chi connectivity index (χ1n) is 6.12. The summed E-state index contributed by atoms with van der Waals surface area (Å²) < 4.78 is 2.21. The molecule has 0 unspecified atom stereocenters. The van der Waals surface area contributed by atoms with Gasteiger partial charge < -0.3 is 4.40 Å². The van der Waals surface area contributed by atoms with Crippen LogP contribution < -0.4 is 5.43 Å². The Morgan fingerprint density at radius 3 is 2.67 bits per heavy atom. The number of benzene rings is 1. The molecule has 0 aliphatic heterocycles. The number of para-hydroxylation sites is 1. The molecule has 0 saturated heterocycles. The van der Waals surface area contributed by atoms with E-state index in [-0.39, 0.29) is 11.3 Å². The smallest absolute Gasteiger partial charge is 0.194 e. The highest BCUT2D eigenvalue weighted by Crippen LogP contribution is 2.27. The molecule has 3 rings (SSSR count). The van der Waals surface area contributed by atoms with Crippen LogP contribution in [-0.4, -0.2) is 4.40 Å². The van der Waals surface area contributed by atoms with E-state index in [0.29, 0.717) is 0 Å². The van der Waals surface area contributed by atoms with Crippen molar-refractivity contribution in [2.24, 2.45) is 0 Å². The average Bonchev–Trinajstić information content (AvgIpc) is 2.71. The first-order chi connectivity index (χ1) is 8.61. The van der Waals surface area contributed by atoms with Crippen molar-refractivity contribution in [2.45, 2.75) is 26.7 Å². The molecule has 0 N–H and O–H groups in total. The molecule has 0 bridgehead atoms. The van der Waals surface area contributed by atoms with E-state index in [0.717, 1.165) is 21.3 Å². The third-order valence-corrected chi connectivity index (χ3v) is 4.42. The number of thiazole rings is 1. The number of pyridine rings is 1. The van der Waals surface area contributed by atoms with Gasteiger partial charge >= 0.3 is 0 Å². The van der Waals surface area contributed by atoms with Gasteiger partial charge in [-0.3, -0.25) is 4.79 Å². The summed E-state index contributed by atoms with van der Waals surface area (Å²) in [6, 6.07) is 7.86. The van der Waals surface area contributed by atoms with E-state index in [1.54, 1.807) is 11.3 Å². The fourth-order valence-electron chi connectivity index (χ4n) is 2.50. The maximum Gasteiger partial charge on any atom is 0.194 e. The number of aryl methyl sites for hydroxylation is 1. The van der Waals surface area contributed by atoms with Crippen LogP contribution in [-0.2, 0) is 0 Å². The third-order valence-electron chi connectivity index (χ3n) is 3.34. The Balaban J connectivity index is 2.69. The lowest BCUT2D eigenvalue weighted by Gasteiger charge is -2.11. The van der Waals surface area contributed by atoms with Crippen LogP contribution in [0, 0.1) is 6.92 Å². The van der Waals surface area contributed by atoms with Gasteiger partial charge in [0.05, 0.1) is 5.52 Å². The second-order valence-corrected chi connectivity index (χ2v) is 5.79. The number of aromatic nitrogens is 1. The Kier molecular flexibility index (Phi) is 2.52. The predicted octanol–water partition coefficient (Wildman–Crippen LogP) is 3.95. The molecule has 2 aromatic heterocycles. The molecule has 0 fully saturated rings. The number of rotatable bonds is 1. The van der Waals surface area contributed by atoms with E-state index in [1.165, 1.54) is 5.69 Å². The Labute approximate surface area is 110 Å². The minimum Gasteiger partial charge on any atom is -0.304 e. The van der Waals surface area contributed by atoms with Gasteiger partial charge in [-0.05, 0) is 25.0 Å². The Morgan fingerprint density at radius 2 is 1.94 bits per heavy atom. The van der Waals surface area contributed by atoms with Crippen molar-refractivity contribution in [3.8, 4) is 0 Å². The molecule has 0 amide bonds. The largest absolute Gasteiger partial charge is 0.304 e. The zero-order valence-corrected chi connectivity index (χ0v) is 11.5. The molecule has 3 aromatic rings. The quantitative estimate of drug-likeness (QED) is 0.647. The monoisotopic (exact) mass is 257 g/mol. The second kappa shape index (κ2) is 3.95. The molecule has 0 aliphatic carbocycles. The van der Waals surface area contributed by atoms with E-state index in [1.807, 2.05) is 24.3 Å². The first-order valence-corrected chi connectivity index (χ1v) is 7.00. The van der Waals surface area contributed by atoms with Gasteiger partial charge in [0.25, 0.3) is 0 Å². The fraction of sp³-hybridized carbons (Fsp3) is 0.267. The van der Waals surface area contributed by atoms with Gasteiger partial charge in [-0.1, -0.05) is 26.0 Å². The van der Waals surface area contributed by atoms with Crippen LogP contribution >= 0.6 is 11.3 Å². The molecule has 0 atom stereocenters. The normalized spacial score (nSPS) is 11.8. The van der Waals surface area contributed by atoms with Crippen molar-refractivity contribution < 1.29 is 0 Å². The Hall–Kier alpha value is -1.61. The highest BCUT2D eigenvalue weighted by atomic mass is 32.1. The summed E-state index contributed by atoms with van der Waals surface area (Å²) in [5.74, 6) is 0.246. The van der Waals surface area contributed by atoms with E-state index in [4.69, 9.17) is 0 Å². The highest BCUT2D eigenvalue weighted by molar-refractivity contribution is 7.15. The number of hydrogen-bond donors (Lipinski definition) is 0. The molecule has 0 aliphatic rings. The zero-order chi connectivity index (χ0) is 12.9. The molecular weight excluding hydrogens is 242 g/mol. The maximum atomic E-state index is 12.6. The summed E-state index contributed by atoms with van der Waals surface area (Å²) in [6.07, 6.45) is 0. The minimum absolute atomic E-state index is 0.183. The molecule has 92 valence electrons. The van der Waals surface area contributed by atoms with Crippen LogP contribution in [0.5, 0.6) is 0 Å². The van der Waals surface area contributed by atoms with Crippen molar-refractivity contribution in [1.29, 1.82) is 0 Å². The van der Waals surface area contributed by atoms with Crippen LogP contribution in [0.1, 0.15) is 31.0 Å². The van der Waals surface area contributed by atoms with Gasteiger partial charge in [0.15, 0.2) is 5.43 Å². The van der Waals surface area contributed by atoms with Gasteiger partial charge in [0.1, 0.15) is 4.83 Å². The topological polar surface area (TPSA) is 21.5 Å². The van der Waals surface area contributed by atoms with E-state index in [9.17, 15) is 4.79 Å². The van der Waals surface area contributed by atoms with Gasteiger partial charge in [-0.25, -0.2) is 0 Å². The summed E-state index contributed by atoms with van der Waals surface area (Å²) in [4.78, 5) is 13.7. The van der Waals surface area contributed by atoms with Crippen molar-refractivity contribution in [2.75, 3.05) is 0 Å². The summed E-state index contributed by atoms with van der Waals surface area (Å²) in [5, 5.41) is 2.94. The van der Waals surface area contributed by atoms with Crippen molar-refractivity contribution in [3.05, 3.63) is 51.1 Å². The number of hydrogen-bond acceptors (Lipinski definition) is 2. The Bertz CT molecular complexity index is 795.